The molecule has 4 nitrogen and oxygen atoms in total. The van der Waals surface area contributed by atoms with Crippen molar-refractivity contribution in [3.8, 4) is 11.3 Å². The molecule has 6 heteroatoms. The Morgan fingerprint density at radius 1 is 1.07 bits per heavy atom. The van der Waals surface area contributed by atoms with E-state index < -0.39 is 0 Å². The molecule has 3 fully saturated rings. The molecule has 28 heavy (non-hydrogen) atoms. The number of aryl methyl sites for hydroxylation is 1. The molecule has 2 amide bonds. The number of carbonyl (C=O) groups excluding carboxylic acids is 2. The summed E-state index contributed by atoms with van der Waals surface area (Å²) in [5.74, 6) is -0.0372. The third kappa shape index (κ3) is 2.39. The topological polar surface area (TPSA) is 50.3 Å². The molecule has 2 aromatic rings. The molecule has 4 unspecified atom stereocenters. The molecule has 1 aliphatic heterocycles. The van der Waals surface area contributed by atoms with E-state index >= 15 is 0 Å². The smallest absolute Gasteiger partial charge is 0.240 e. The van der Waals surface area contributed by atoms with Crippen molar-refractivity contribution in [1.82, 2.24) is 4.98 Å². The van der Waals surface area contributed by atoms with Crippen molar-refractivity contribution < 1.29 is 9.59 Å². The predicted molar refractivity (Wildman–Crippen MR) is 111 cm³/mol. The van der Waals surface area contributed by atoms with Crippen LogP contribution in [0.2, 0.25) is 5.02 Å². The summed E-state index contributed by atoms with van der Waals surface area (Å²) in [5, 5.41) is 1.17. The van der Waals surface area contributed by atoms with Crippen molar-refractivity contribution in [2.45, 2.75) is 33.6 Å². The first-order valence-electron chi connectivity index (χ1n) is 9.67. The SMILES string of the molecule is CC(C)=C1C2CCC1C1C(=O)N(c3nc(-c4ccc(Cl)cc4)c(C)s3)C(=O)C21. The first kappa shape index (κ1) is 18.1. The number of hydrogen-bond donors (Lipinski definition) is 0. The lowest BCUT2D eigenvalue weighted by Gasteiger charge is -2.18. The van der Waals surface area contributed by atoms with Gasteiger partial charge >= 0.3 is 0 Å². The summed E-state index contributed by atoms with van der Waals surface area (Å²) in [6, 6.07) is 7.48. The molecule has 2 bridgehead atoms. The molecule has 2 heterocycles. The minimum Gasteiger partial charge on any atom is -0.274 e. The highest BCUT2D eigenvalue weighted by atomic mass is 35.5. The minimum atomic E-state index is -0.195. The highest BCUT2D eigenvalue weighted by Gasteiger charge is 2.64. The van der Waals surface area contributed by atoms with Crippen LogP contribution >= 0.6 is 22.9 Å². The lowest BCUT2D eigenvalue weighted by molar-refractivity contribution is -0.123. The molecule has 0 N–H and O–H groups in total. The van der Waals surface area contributed by atoms with E-state index in [0.717, 1.165) is 29.0 Å². The predicted octanol–water partition coefficient (Wildman–Crippen LogP) is 5.25. The minimum absolute atomic E-state index is 0.0580. The second-order valence-electron chi connectivity index (χ2n) is 8.22. The van der Waals surface area contributed by atoms with Crippen LogP contribution in [0.25, 0.3) is 11.3 Å². The zero-order valence-electron chi connectivity index (χ0n) is 16.0. The quantitative estimate of drug-likeness (QED) is 0.499. The number of benzene rings is 1. The number of imide groups is 1. The third-order valence-electron chi connectivity index (χ3n) is 6.52. The van der Waals surface area contributed by atoms with Crippen molar-refractivity contribution in [2.24, 2.45) is 23.7 Å². The monoisotopic (exact) mass is 412 g/mol. The summed E-state index contributed by atoms with van der Waals surface area (Å²) in [5.41, 5.74) is 4.40. The van der Waals surface area contributed by atoms with Crippen LogP contribution in [0.3, 0.4) is 0 Å². The molecule has 3 aliphatic rings. The van der Waals surface area contributed by atoms with E-state index in [1.807, 2.05) is 31.2 Å². The summed E-state index contributed by atoms with van der Waals surface area (Å²) in [4.78, 5) is 33.6. The van der Waals surface area contributed by atoms with E-state index in [2.05, 4.69) is 13.8 Å². The Labute approximate surface area is 173 Å². The third-order valence-corrected chi connectivity index (χ3v) is 7.73. The van der Waals surface area contributed by atoms with Gasteiger partial charge in [0, 0.05) is 15.5 Å². The zero-order valence-corrected chi connectivity index (χ0v) is 17.6. The Morgan fingerprint density at radius 2 is 1.64 bits per heavy atom. The largest absolute Gasteiger partial charge is 0.274 e. The average Bonchev–Trinajstić information content (AvgIpc) is 3.37. The van der Waals surface area contributed by atoms with Gasteiger partial charge in [-0.2, -0.15) is 0 Å². The van der Waals surface area contributed by atoms with Crippen molar-refractivity contribution in [3.05, 3.63) is 45.3 Å². The molecule has 1 aromatic heterocycles. The first-order chi connectivity index (χ1) is 13.4. The molecular formula is C22H21ClN2O2S. The van der Waals surface area contributed by atoms with Crippen LogP contribution in [-0.2, 0) is 9.59 Å². The Morgan fingerprint density at radius 3 is 2.18 bits per heavy atom. The normalized spacial score (nSPS) is 28.4. The van der Waals surface area contributed by atoms with Crippen LogP contribution in [0.5, 0.6) is 0 Å². The number of nitrogens with zero attached hydrogens (tertiary/aromatic N) is 2. The maximum absolute atomic E-state index is 13.3. The number of aromatic nitrogens is 1. The van der Waals surface area contributed by atoms with Crippen LogP contribution in [0.4, 0.5) is 5.13 Å². The van der Waals surface area contributed by atoms with Gasteiger partial charge in [0.1, 0.15) is 0 Å². The van der Waals surface area contributed by atoms with E-state index in [0.29, 0.717) is 10.2 Å². The summed E-state index contributed by atoms with van der Waals surface area (Å²) in [6.45, 7) is 6.19. The fraction of sp³-hybridized carbons (Fsp3) is 0.409. The highest BCUT2D eigenvalue weighted by molar-refractivity contribution is 7.16. The number of rotatable bonds is 2. The van der Waals surface area contributed by atoms with Crippen molar-refractivity contribution in [2.75, 3.05) is 4.90 Å². The number of hydrogen-bond acceptors (Lipinski definition) is 4. The standard InChI is InChI=1S/C22H21ClN2O2S/c1-10(2)16-14-8-9-15(16)18-17(14)20(26)25(21(18)27)22-24-19(11(3)28-22)12-4-6-13(23)7-5-12/h4-7,14-15,17-18H,8-9H2,1-3H3. The molecule has 5 rings (SSSR count). The summed E-state index contributed by atoms with van der Waals surface area (Å²) in [6.07, 6.45) is 2.04. The highest BCUT2D eigenvalue weighted by Crippen LogP contribution is 2.60. The van der Waals surface area contributed by atoms with Gasteiger partial charge < -0.3 is 0 Å². The summed E-state index contributed by atoms with van der Waals surface area (Å²) < 4.78 is 0. The first-order valence-corrected chi connectivity index (χ1v) is 10.9. The summed E-state index contributed by atoms with van der Waals surface area (Å²) >= 11 is 7.40. The Kier molecular flexibility index (Phi) is 4.04. The van der Waals surface area contributed by atoms with Gasteiger partial charge in [0.2, 0.25) is 11.8 Å². The van der Waals surface area contributed by atoms with Gasteiger partial charge in [-0.05, 0) is 57.6 Å². The van der Waals surface area contributed by atoms with Gasteiger partial charge in [-0.25, -0.2) is 9.88 Å². The van der Waals surface area contributed by atoms with Gasteiger partial charge in [0.15, 0.2) is 5.13 Å². The van der Waals surface area contributed by atoms with Crippen LogP contribution in [0.1, 0.15) is 31.6 Å². The Balaban J connectivity index is 1.52. The molecule has 1 aromatic carbocycles. The molecule has 0 radical (unpaired) electrons. The number of anilines is 1. The molecule has 0 spiro atoms. The van der Waals surface area contributed by atoms with E-state index in [-0.39, 0.29) is 35.5 Å². The zero-order chi connectivity index (χ0) is 19.7. The lowest BCUT2D eigenvalue weighted by atomic mass is 9.81. The Hall–Kier alpha value is -1.98. The van der Waals surface area contributed by atoms with Crippen LogP contribution in [0, 0.1) is 30.6 Å². The molecule has 2 aliphatic carbocycles. The van der Waals surface area contributed by atoms with Crippen molar-refractivity contribution in [3.63, 3.8) is 0 Å². The Bertz CT molecular complexity index is 1000. The molecule has 4 atom stereocenters. The molecule has 1 saturated heterocycles. The second-order valence-corrected chi connectivity index (χ2v) is 9.84. The molecule has 144 valence electrons. The second kappa shape index (κ2) is 6.26. The van der Waals surface area contributed by atoms with Crippen LogP contribution < -0.4 is 4.90 Å². The number of halogens is 1. The summed E-state index contributed by atoms with van der Waals surface area (Å²) in [7, 11) is 0. The van der Waals surface area contributed by atoms with Gasteiger partial charge in [0.25, 0.3) is 0 Å². The van der Waals surface area contributed by atoms with E-state index in [9.17, 15) is 9.59 Å². The van der Waals surface area contributed by atoms with Crippen LogP contribution in [-0.4, -0.2) is 16.8 Å². The number of amides is 2. The number of thiazole rings is 1. The molecular weight excluding hydrogens is 392 g/mol. The van der Waals surface area contributed by atoms with Gasteiger partial charge in [-0.3, -0.25) is 9.59 Å². The van der Waals surface area contributed by atoms with Crippen LogP contribution in [0.15, 0.2) is 35.4 Å². The number of fused-ring (bicyclic) bond motifs is 5. The van der Waals surface area contributed by atoms with E-state index in [1.54, 1.807) is 0 Å². The fourth-order valence-corrected chi connectivity index (χ4v) is 6.60. The maximum Gasteiger partial charge on any atom is 0.240 e. The van der Waals surface area contributed by atoms with Crippen molar-refractivity contribution >= 4 is 39.9 Å². The van der Waals surface area contributed by atoms with Gasteiger partial charge in [-0.1, -0.05) is 34.9 Å². The van der Waals surface area contributed by atoms with E-state index in [1.165, 1.54) is 27.4 Å². The lowest BCUT2D eigenvalue weighted by Crippen LogP contribution is -2.33. The van der Waals surface area contributed by atoms with Crippen molar-refractivity contribution in [1.29, 1.82) is 0 Å². The molecule has 2 saturated carbocycles. The van der Waals surface area contributed by atoms with Gasteiger partial charge in [-0.15, -0.1) is 11.3 Å². The number of carbonyl (C=O) groups is 2. The number of allylic oxidation sites excluding steroid dienone is 2. The van der Waals surface area contributed by atoms with Gasteiger partial charge in [0.05, 0.1) is 17.5 Å². The average molecular weight is 413 g/mol. The maximum atomic E-state index is 13.3. The van der Waals surface area contributed by atoms with E-state index in [4.69, 9.17) is 16.6 Å². The fourth-order valence-electron chi connectivity index (χ4n) is 5.53.